The number of nitrogens with zero attached hydrogens (tertiary/aromatic N) is 2. The summed E-state index contributed by atoms with van der Waals surface area (Å²) in [5.41, 5.74) is 0.0424. The fraction of sp³-hybridized carbons (Fsp3) is 0.462. The summed E-state index contributed by atoms with van der Waals surface area (Å²) in [6, 6.07) is 3.90. The van der Waals surface area contributed by atoms with Crippen LogP contribution in [0.3, 0.4) is 0 Å². The quantitative estimate of drug-likeness (QED) is 0.681. The van der Waals surface area contributed by atoms with E-state index in [1.54, 1.807) is 4.90 Å². The molecule has 1 aromatic rings. The Morgan fingerprint density at radius 2 is 2.25 bits per heavy atom. The Kier molecular flexibility index (Phi) is 4.57. The molecule has 1 fully saturated rings. The van der Waals surface area contributed by atoms with Gasteiger partial charge < -0.3 is 10.0 Å². The van der Waals surface area contributed by atoms with E-state index in [2.05, 4.69) is 0 Å². The van der Waals surface area contributed by atoms with Gasteiger partial charge in [0.05, 0.1) is 4.92 Å². The first-order valence-corrected chi connectivity index (χ1v) is 6.74. The van der Waals surface area contributed by atoms with Crippen molar-refractivity contribution in [2.45, 2.75) is 12.8 Å². The van der Waals surface area contributed by atoms with Crippen molar-refractivity contribution in [2.75, 3.05) is 19.7 Å². The SMILES string of the molecule is O=C(c1cc(Cl)cc([N+](=O)[O-])c1)N1CCC(CCO)C1. The number of non-ortho nitro benzene ring substituents is 1. The van der Waals surface area contributed by atoms with Gasteiger partial charge in [0.25, 0.3) is 11.6 Å². The molecule has 1 aliphatic rings. The van der Waals surface area contributed by atoms with Crippen LogP contribution in [0.25, 0.3) is 0 Å². The largest absolute Gasteiger partial charge is 0.396 e. The van der Waals surface area contributed by atoms with E-state index >= 15 is 0 Å². The molecule has 0 aromatic heterocycles. The number of aliphatic hydroxyl groups excluding tert-OH is 1. The second kappa shape index (κ2) is 6.19. The molecule has 0 bridgehead atoms. The van der Waals surface area contributed by atoms with Crippen LogP contribution in [0, 0.1) is 16.0 Å². The van der Waals surface area contributed by atoms with Crippen molar-refractivity contribution in [3.63, 3.8) is 0 Å². The van der Waals surface area contributed by atoms with Crippen LogP contribution in [-0.2, 0) is 0 Å². The van der Waals surface area contributed by atoms with Crippen LogP contribution in [-0.4, -0.2) is 40.5 Å². The number of nitro benzene ring substituents is 1. The predicted molar refractivity (Wildman–Crippen MR) is 73.8 cm³/mol. The van der Waals surface area contributed by atoms with Crippen LogP contribution < -0.4 is 0 Å². The molecule has 1 heterocycles. The van der Waals surface area contributed by atoms with Crippen LogP contribution in [0.4, 0.5) is 5.69 Å². The number of rotatable bonds is 4. The number of nitro groups is 1. The normalized spacial score (nSPS) is 18.3. The average molecular weight is 299 g/mol. The molecule has 1 saturated heterocycles. The summed E-state index contributed by atoms with van der Waals surface area (Å²) < 4.78 is 0. The first-order valence-electron chi connectivity index (χ1n) is 6.36. The number of aliphatic hydroxyl groups is 1. The van der Waals surface area contributed by atoms with E-state index < -0.39 is 4.92 Å². The molecule has 0 saturated carbocycles. The number of halogens is 1. The van der Waals surface area contributed by atoms with Gasteiger partial charge in [-0.15, -0.1) is 0 Å². The zero-order valence-corrected chi connectivity index (χ0v) is 11.5. The first kappa shape index (κ1) is 14.7. The summed E-state index contributed by atoms with van der Waals surface area (Å²) in [5.74, 6) is 0.0363. The standard InChI is InChI=1S/C13H15ClN2O4/c14-11-5-10(6-12(7-11)16(19)20)13(18)15-3-1-9(8-15)2-4-17/h5-7,9,17H,1-4,8H2. The molecule has 0 spiro atoms. The Labute approximate surface area is 121 Å². The maximum absolute atomic E-state index is 12.3. The molecule has 108 valence electrons. The molecular formula is C13H15ClN2O4. The highest BCUT2D eigenvalue weighted by atomic mass is 35.5. The van der Waals surface area contributed by atoms with E-state index in [1.165, 1.54) is 18.2 Å². The third kappa shape index (κ3) is 3.26. The molecule has 1 unspecified atom stereocenters. The summed E-state index contributed by atoms with van der Waals surface area (Å²) >= 11 is 5.81. The lowest BCUT2D eigenvalue weighted by atomic mass is 10.1. The van der Waals surface area contributed by atoms with Crippen LogP contribution in [0.15, 0.2) is 18.2 Å². The second-order valence-electron chi connectivity index (χ2n) is 4.87. The predicted octanol–water partition coefficient (Wildman–Crippen LogP) is 2.09. The van der Waals surface area contributed by atoms with Gasteiger partial charge >= 0.3 is 0 Å². The topological polar surface area (TPSA) is 83.7 Å². The lowest BCUT2D eigenvalue weighted by molar-refractivity contribution is -0.384. The Morgan fingerprint density at radius 3 is 2.90 bits per heavy atom. The van der Waals surface area contributed by atoms with Crippen LogP contribution >= 0.6 is 11.6 Å². The number of carbonyl (C=O) groups is 1. The third-order valence-corrected chi connectivity index (χ3v) is 3.67. The van der Waals surface area contributed by atoms with E-state index in [9.17, 15) is 14.9 Å². The highest BCUT2D eigenvalue weighted by molar-refractivity contribution is 6.31. The van der Waals surface area contributed by atoms with Crippen molar-refractivity contribution in [1.82, 2.24) is 4.90 Å². The van der Waals surface area contributed by atoms with Gasteiger partial charge in [0.1, 0.15) is 0 Å². The fourth-order valence-corrected chi connectivity index (χ4v) is 2.65. The molecule has 0 aliphatic carbocycles. The van der Waals surface area contributed by atoms with E-state index in [0.717, 1.165) is 6.42 Å². The van der Waals surface area contributed by atoms with E-state index in [-0.39, 0.29) is 34.7 Å². The third-order valence-electron chi connectivity index (χ3n) is 3.45. The molecule has 2 rings (SSSR count). The van der Waals surface area contributed by atoms with Gasteiger partial charge in [-0.2, -0.15) is 0 Å². The van der Waals surface area contributed by atoms with Gasteiger partial charge in [-0.25, -0.2) is 0 Å². The lowest BCUT2D eigenvalue weighted by Crippen LogP contribution is -2.28. The van der Waals surface area contributed by atoms with Crippen molar-refractivity contribution >= 4 is 23.2 Å². The minimum Gasteiger partial charge on any atom is -0.396 e. The zero-order chi connectivity index (χ0) is 14.7. The minimum atomic E-state index is -0.568. The highest BCUT2D eigenvalue weighted by Gasteiger charge is 2.27. The molecule has 7 heteroatoms. The average Bonchev–Trinajstić information content (AvgIpc) is 2.86. The van der Waals surface area contributed by atoms with Crippen molar-refractivity contribution in [3.8, 4) is 0 Å². The van der Waals surface area contributed by atoms with Crippen LogP contribution in [0.1, 0.15) is 23.2 Å². The van der Waals surface area contributed by atoms with Crippen LogP contribution in [0.5, 0.6) is 0 Å². The maximum atomic E-state index is 12.3. The Hall–Kier alpha value is -1.66. The van der Waals surface area contributed by atoms with Gasteiger partial charge in [0.15, 0.2) is 0 Å². The number of likely N-dealkylation sites (tertiary alicyclic amines) is 1. The summed E-state index contributed by atoms with van der Waals surface area (Å²) in [7, 11) is 0. The van der Waals surface area contributed by atoms with Crippen molar-refractivity contribution in [3.05, 3.63) is 38.9 Å². The molecule has 1 amide bonds. The van der Waals surface area contributed by atoms with Crippen LogP contribution in [0.2, 0.25) is 5.02 Å². The Morgan fingerprint density at radius 1 is 1.50 bits per heavy atom. The Balaban J connectivity index is 2.15. The zero-order valence-electron chi connectivity index (χ0n) is 10.8. The number of carbonyl (C=O) groups excluding carboxylic acids is 1. The van der Waals surface area contributed by atoms with Gasteiger partial charge in [0, 0.05) is 42.4 Å². The number of hydrogen-bond donors (Lipinski definition) is 1. The summed E-state index contributed by atoms with van der Waals surface area (Å²) in [5, 5.41) is 19.9. The Bertz CT molecular complexity index is 535. The molecular weight excluding hydrogens is 284 g/mol. The fourth-order valence-electron chi connectivity index (χ4n) is 2.42. The molecule has 1 aromatic carbocycles. The van der Waals surface area contributed by atoms with E-state index in [0.29, 0.717) is 19.5 Å². The molecule has 1 N–H and O–H groups in total. The molecule has 20 heavy (non-hydrogen) atoms. The summed E-state index contributed by atoms with van der Waals surface area (Å²) in [6.45, 7) is 1.28. The second-order valence-corrected chi connectivity index (χ2v) is 5.31. The first-order chi connectivity index (χ1) is 9.51. The number of amides is 1. The van der Waals surface area contributed by atoms with Crippen molar-refractivity contribution in [2.24, 2.45) is 5.92 Å². The molecule has 1 atom stereocenters. The van der Waals surface area contributed by atoms with Crippen molar-refractivity contribution in [1.29, 1.82) is 0 Å². The highest BCUT2D eigenvalue weighted by Crippen LogP contribution is 2.25. The number of benzene rings is 1. The smallest absolute Gasteiger partial charge is 0.271 e. The maximum Gasteiger partial charge on any atom is 0.271 e. The van der Waals surface area contributed by atoms with Gasteiger partial charge in [-0.1, -0.05) is 11.6 Å². The van der Waals surface area contributed by atoms with E-state index in [4.69, 9.17) is 16.7 Å². The summed E-state index contributed by atoms with van der Waals surface area (Å²) in [6.07, 6.45) is 1.51. The molecule has 6 nitrogen and oxygen atoms in total. The van der Waals surface area contributed by atoms with E-state index in [1.807, 2.05) is 0 Å². The number of hydrogen-bond acceptors (Lipinski definition) is 4. The van der Waals surface area contributed by atoms with Gasteiger partial charge in [0.2, 0.25) is 0 Å². The molecule has 1 aliphatic heterocycles. The monoisotopic (exact) mass is 298 g/mol. The van der Waals surface area contributed by atoms with Gasteiger partial charge in [-0.3, -0.25) is 14.9 Å². The summed E-state index contributed by atoms with van der Waals surface area (Å²) in [4.78, 5) is 24.2. The molecule has 0 radical (unpaired) electrons. The van der Waals surface area contributed by atoms with Gasteiger partial charge in [-0.05, 0) is 24.8 Å². The van der Waals surface area contributed by atoms with Crippen molar-refractivity contribution < 1.29 is 14.8 Å². The lowest BCUT2D eigenvalue weighted by Gasteiger charge is -2.16. The minimum absolute atomic E-state index is 0.106.